The van der Waals surface area contributed by atoms with E-state index in [0.29, 0.717) is 49.9 Å². The highest BCUT2D eigenvalue weighted by molar-refractivity contribution is 6.41. The molecule has 36 heavy (non-hydrogen) atoms. The predicted molar refractivity (Wildman–Crippen MR) is 146 cm³/mol. The molecule has 3 aromatic carbocycles. The monoisotopic (exact) mass is 522 g/mol. The SMILES string of the molecule is C=CC(=O)Nc1cc(C)cc(C)c1Nc1ncc2cc(-c3c(Cl)c(OC)cc(OC)c3Cl)ccc2n1. The molecule has 4 rings (SSSR count). The van der Waals surface area contributed by atoms with E-state index < -0.39 is 0 Å². The number of halogens is 2. The van der Waals surface area contributed by atoms with Crippen LogP contribution in [0.2, 0.25) is 10.0 Å². The lowest BCUT2D eigenvalue weighted by atomic mass is 10.0. The first-order valence-corrected chi connectivity index (χ1v) is 11.7. The molecule has 0 saturated carbocycles. The first-order valence-electron chi connectivity index (χ1n) is 10.9. The van der Waals surface area contributed by atoms with Crippen molar-refractivity contribution in [2.24, 2.45) is 0 Å². The second-order valence-electron chi connectivity index (χ2n) is 8.07. The third-order valence-electron chi connectivity index (χ3n) is 5.60. The Kier molecular flexibility index (Phi) is 7.33. The van der Waals surface area contributed by atoms with E-state index in [-0.39, 0.29) is 5.91 Å². The first kappa shape index (κ1) is 25.3. The Morgan fingerprint density at radius 3 is 2.36 bits per heavy atom. The summed E-state index contributed by atoms with van der Waals surface area (Å²) in [6, 6.07) is 11.2. The van der Waals surface area contributed by atoms with Crippen LogP contribution < -0.4 is 20.1 Å². The summed E-state index contributed by atoms with van der Waals surface area (Å²) in [5.74, 6) is 0.991. The molecular weight excluding hydrogens is 499 g/mol. The maximum Gasteiger partial charge on any atom is 0.247 e. The molecule has 0 aliphatic rings. The Labute approximate surface area is 219 Å². The van der Waals surface area contributed by atoms with E-state index in [2.05, 4.69) is 27.2 Å². The molecule has 0 radical (unpaired) electrons. The lowest BCUT2D eigenvalue weighted by Gasteiger charge is -2.16. The van der Waals surface area contributed by atoms with Gasteiger partial charge in [0.25, 0.3) is 0 Å². The third-order valence-corrected chi connectivity index (χ3v) is 6.35. The minimum absolute atomic E-state index is 0.304. The van der Waals surface area contributed by atoms with Gasteiger partial charge in [0.05, 0.1) is 41.2 Å². The molecule has 1 aromatic heterocycles. The number of ether oxygens (including phenoxy) is 2. The summed E-state index contributed by atoms with van der Waals surface area (Å²) in [5.41, 5.74) is 5.33. The molecule has 4 aromatic rings. The second kappa shape index (κ2) is 10.4. The summed E-state index contributed by atoms with van der Waals surface area (Å²) >= 11 is 13.2. The lowest BCUT2D eigenvalue weighted by molar-refractivity contribution is -0.111. The first-order chi connectivity index (χ1) is 17.2. The Morgan fingerprint density at radius 1 is 1.03 bits per heavy atom. The zero-order valence-electron chi connectivity index (χ0n) is 20.2. The molecule has 0 bridgehead atoms. The summed E-state index contributed by atoms with van der Waals surface area (Å²) in [4.78, 5) is 21.1. The molecule has 0 aliphatic carbocycles. The van der Waals surface area contributed by atoms with Crippen LogP contribution >= 0.6 is 23.2 Å². The van der Waals surface area contributed by atoms with Crippen molar-refractivity contribution < 1.29 is 14.3 Å². The number of benzene rings is 3. The highest BCUT2D eigenvalue weighted by Crippen LogP contribution is 2.46. The van der Waals surface area contributed by atoms with Crippen LogP contribution in [0.5, 0.6) is 11.5 Å². The molecule has 0 aliphatic heterocycles. The van der Waals surface area contributed by atoms with Crippen molar-refractivity contribution in [3.63, 3.8) is 0 Å². The lowest BCUT2D eigenvalue weighted by Crippen LogP contribution is -2.11. The molecular formula is C27H24Cl2N4O3. The number of anilines is 3. The molecule has 184 valence electrons. The zero-order chi connectivity index (χ0) is 26.0. The van der Waals surface area contributed by atoms with Crippen molar-refractivity contribution in [3.05, 3.63) is 76.4 Å². The van der Waals surface area contributed by atoms with Crippen molar-refractivity contribution in [3.8, 4) is 22.6 Å². The van der Waals surface area contributed by atoms with Gasteiger partial charge >= 0.3 is 0 Å². The minimum Gasteiger partial charge on any atom is -0.495 e. The van der Waals surface area contributed by atoms with E-state index >= 15 is 0 Å². The largest absolute Gasteiger partial charge is 0.495 e. The highest BCUT2D eigenvalue weighted by atomic mass is 35.5. The summed E-state index contributed by atoms with van der Waals surface area (Å²) in [7, 11) is 3.07. The molecule has 0 spiro atoms. The van der Waals surface area contributed by atoms with Gasteiger partial charge in [-0.2, -0.15) is 0 Å². The van der Waals surface area contributed by atoms with Crippen LogP contribution in [-0.2, 0) is 4.79 Å². The highest BCUT2D eigenvalue weighted by Gasteiger charge is 2.19. The Morgan fingerprint density at radius 2 is 1.72 bits per heavy atom. The van der Waals surface area contributed by atoms with E-state index in [1.807, 2.05) is 44.2 Å². The van der Waals surface area contributed by atoms with Crippen LogP contribution in [0, 0.1) is 13.8 Å². The number of nitrogens with one attached hydrogen (secondary N) is 2. The molecule has 7 nitrogen and oxygen atoms in total. The average molecular weight is 523 g/mol. The van der Waals surface area contributed by atoms with E-state index in [9.17, 15) is 4.79 Å². The van der Waals surface area contributed by atoms with Crippen LogP contribution in [0.15, 0.2) is 55.3 Å². The normalized spacial score (nSPS) is 10.7. The van der Waals surface area contributed by atoms with Gasteiger partial charge in [-0.05, 0) is 54.8 Å². The molecule has 0 saturated heterocycles. The Balaban J connectivity index is 1.73. The van der Waals surface area contributed by atoms with Gasteiger partial charge in [-0.15, -0.1) is 0 Å². The van der Waals surface area contributed by atoms with Crippen molar-refractivity contribution in [2.75, 3.05) is 24.9 Å². The average Bonchev–Trinajstić information content (AvgIpc) is 2.86. The maximum atomic E-state index is 11.9. The van der Waals surface area contributed by atoms with Crippen molar-refractivity contribution in [1.82, 2.24) is 9.97 Å². The maximum absolute atomic E-state index is 11.9. The fraction of sp³-hybridized carbons (Fsp3) is 0.148. The van der Waals surface area contributed by atoms with Gasteiger partial charge in [-0.25, -0.2) is 9.97 Å². The predicted octanol–water partition coefficient (Wildman–Crippen LogP) is 7.11. The van der Waals surface area contributed by atoms with Crippen molar-refractivity contribution in [2.45, 2.75) is 13.8 Å². The molecule has 0 unspecified atom stereocenters. The van der Waals surface area contributed by atoms with E-state index in [1.54, 1.807) is 12.3 Å². The van der Waals surface area contributed by atoms with Gasteiger partial charge in [0.1, 0.15) is 11.5 Å². The standard InChI is InChI=1S/C27H24Cl2N4O3/c1-6-22(34)31-19-10-14(2)9-15(3)26(19)33-27-30-13-17-11-16(7-8-18(17)32-27)23-24(28)20(35-4)12-21(36-5)25(23)29/h6-13H,1H2,2-5H3,(H,31,34)(H,30,32,33). The van der Waals surface area contributed by atoms with Crippen LogP contribution in [0.4, 0.5) is 17.3 Å². The number of hydrogen-bond donors (Lipinski definition) is 2. The van der Waals surface area contributed by atoms with E-state index in [4.69, 9.17) is 32.7 Å². The topological polar surface area (TPSA) is 85.4 Å². The number of methoxy groups -OCH3 is 2. The number of aromatic nitrogens is 2. The second-order valence-corrected chi connectivity index (χ2v) is 8.83. The molecule has 1 amide bonds. The number of rotatable bonds is 7. The molecule has 9 heteroatoms. The van der Waals surface area contributed by atoms with Gasteiger partial charge in [0.15, 0.2) is 0 Å². The smallest absolute Gasteiger partial charge is 0.247 e. The Hall–Kier alpha value is -3.81. The molecule has 0 fully saturated rings. The van der Waals surface area contributed by atoms with Gasteiger partial charge in [0.2, 0.25) is 11.9 Å². The molecule has 2 N–H and O–H groups in total. The Bertz CT molecular complexity index is 1480. The van der Waals surface area contributed by atoms with Crippen LogP contribution in [0.1, 0.15) is 11.1 Å². The van der Waals surface area contributed by atoms with Crippen LogP contribution in [-0.4, -0.2) is 30.1 Å². The summed E-state index contributed by atoms with van der Waals surface area (Å²) in [5, 5.41) is 7.62. The minimum atomic E-state index is -0.304. The number of aryl methyl sites for hydroxylation is 2. The summed E-state index contributed by atoms with van der Waals surface area (Å²) in [6.45, 7) is 7.43. The van der Waals surface area contributed by atoms with E-state index in [1.165, 1.54) is 20.3 Å². The number of nitrogens with zero attached hydrogens (tertiary/aromatic N) is 2. The molecule has 1 heterocycles. The number of carbonyl (C=O) groups excluding carboxylic acids is 1. The van der Waals surface area contributed by atoms with Gasteiger partial charge in [-0.3, -0.25) is 4.79 Å². The fourth-order valence-corrected chi connectivity index (χ4v) is 4.63. The van der Waals surface area contributed by atoms with Crippen LogP contribution in [0.3, 0.4) is 0 Å². The van der Waals surface area contributed by atoms with E-state index in [0.717, 1.165) is 22.1 Å². The van der Waals surface area contributed by atoms with Gasteiger partial charge in [-0.1, -0.05) is 41.9 Å². The number of hydrogen-bond acceptors (Lipinski definition) is 6. The number of fused-ring (bicyclic) bond motifs is 1. The zero-order valence-corrected chi connectivity index (χ0v) is 21.7. The van der Waals surface area contributed by atoms with Gasteiger partial charge < -0.3 is 20.1 Å². The molecule has 0 atom stereocenters. The number of carbonyl (C=O) groups is 1. The van der Waals surface area contributed by atoms with Crippen molar-refractivity contribution in [1.29, 1.82) is 0 Å². The van der Waals surface area contributed by atoms with Gasteiger partial charge in [0, 0.05) is 23.2 Å². The third kappa shape index (κ3) is 4.94. The summed E-state index contributed by atoms with van der Waals surface area (Å²) in [6.07, 6.45) is 2.93. The number of amides is 1. The van der Waals surface area contributed by atoms with Crippen LogP contribution in [0.25, 0.3) is 22.0 Å². The fourth-order valence-electron chi connectivity index (χ4n) is 3.92. The summed E-state index contributed by atoms with van der Waals surface area (Å²) < 4.78 is 10.8. The quantitative estimate of drug-likeness (QED) is 0.251. The van der Waals surface area contributed by atoms with Crippen molar-refractivity contribution >= 4 is 57.3 Å².